The Morgan fingerprint density at radius 2 is 1.85 bits per heavy atom. The fraction of sp³-hybridized carbons (Fsp3) is 0.417. The normalized spacial score (nSPS) is 13.3. The fourth-order valence-electron chi connectivity index (χ4n) is 3.15. The zero-order chi connectivity index (χ0) is 19.9. The second-order valence-corrected chi connectivity index (χ2v) is 7.85. The number of fused-ring (bicyclic) bond motifs is 1. The zero-order valence-electron chi connectivity index (χ0n) is 16.7. The topological polar surface area (TPSA) is 43.4 Å². The van der Waals surface area contributed by atoms with Crippen LogP contribution in [-0.4, -0.2) is 17.4 Å². The molecule has 0 aliphatic heterocycles. The Morgan fingerprint density at radius 1 is 1.15 bits per heavy atom. The van der Waals surface area contributed by atoms with Crippen molar-refractivity contribution >= 4 is 22.5 Å². The molecule has 0 aliphatic carbocycles. The summed E-state index contributed by atoms with van der Waals surface area (Å²) in [6, 6.07) is 13.9. The van der Waals surface area contributed by atoms with Crippen molar-refractivity contribution in [1.82, 2.24) is 0 Å². The Kier molecular flexibility index (Phi) is 7.35. The number of ether oxygens (including phenoxy) is 1. The maximum atomic E-state index is 12.3. The third-order valence-corrected chi connectivity index (χ3v) is 4.79. The van der Waals surface area contributed by atoms with Gasteiger partial charge in [-0.15, -0.1) is 0 Å². The summed E-state index contributed by atoms with van der Waals surface area (Å²) in [6.45, 7) is 9.99. The summed E-state index contributed by atoms with van der Waals surface area (Å²) in [5, 5.41) is 2.23. The standard InChI is InChI=1S/C24H30O3/c1-5-24(4,14-8-9-18(2)3)27-23(26)17-22(25)16-19-12-13-20-10-6-7-11-21(20)15-19/h5-7,10-13,15,18H,1,8-9,14,16-17H2,2-4H3. The highest BCUT2D eigenvalue weighted by molar-refractivity contribution is 5.97. The highest BCUT2D eigenvalue weighted by atomic mass is 16.6. The van der Waals surface area contributed by atoms with Crippen molar-refractivity contribution in [3.8, 4) is 0 Å². The SMILES string of the molecule is C=CC(C)(CCCC(C)C)OC(=O)CC(=O)Cc1ccc2ccccc2c1. The van der Waals surface area contributed by atoms with Gasteiger partial charge in [0.2, 0.25) is 0 Å². The molecular weight excluding hydrogens is 336 g/mol. The van der Waals surface area contributed by atoms with Gasteiger partial charge in [-0.1, -0.05) is 69.3 Å². The maximum absolute atomic E-state index is 12.3. The van der Waals surface area contributed by atoms with Crippen LogP contribution >= 0.6 is 0 Å². The molecule has 2 rings (SSSR count). The van der Waals surface area contributed by atoms with Crippen LogP contribution in [-0.2, 0) is 20.7 Å². The predicted octanol–water partition coefficient (Wildman–Crippen LogP) is 5.66. The summed E-state index contributed by atoms with van der Waals surface area (Å²) in [7, 11) is 0. The molecule has 1 unspecified atom stereocenters. The van der Waals surface area contributed by atoms with Gasteiger partial charge in [-0.25, -0.2) is 0 Å². The third-order valence-electron chi connectivity index (χ3n) is 4.79. The summed E-state index contributed by atoms with van der Waals surface area (Å²) in [5.41, 5.74) is 0.199. The van der Waals surface area contributed by atoms with Crippen LogP contribution in [0.2, 0.25) is 0 Å². The molecule has 0 fully saturated rings. The van der Waals surface area contributed by atoms with E-state index in [0.717, 1.165) is 35.6 Å². The van der Waals surface area contributed by atoms with Crippen LogP contribution in [0.3, 0.4) is 0 Å². The number of hydrogen-bond acceptors (Lipinski definition) is 3. The summed E-state index contributed by atoms with van der Waals surface area (Å²) < 4.78 is 5.57. The van der Waals surface area contributed by atoms with Gasteiger partial charge in [-0.2, -0.15) is 0 Å². The van der Waals surface area contributed by atoms with Crippen molar-refractivity contribution in [3.05, 3.63) is 60.7 Å². The molecule has 0 aliphatic rings. The summed E-state index contributed by atoms with van der Waals surface area (Å²) in [5.74, 6) is -0.00471. The summed E-state index contributed by atoms with van der Waals surface area (Å²) in [6.07, 6.45) is 4.44. The van der Waals surface area contributed by atoms with Gasteiger partial charge < -0.3 is 4.74 Å². The number of hydrogen-bond donors (Lipinski definition) is 0. The molecule has 1 atom stereocenters. The molecule has 0 saturated carbocycles. The molecule has 3 heteroatoms. The molecule has 0 spiro atoms. The molecule has 0 aromatic heterocycles. The van der Waals surface area contributed by atoms with Gasteiger partial charge in [0.05, 0.1) is 0 Å². The van der Waals surface area contributed by atoms with Crippen molar-refractivity contribution < 1.29 is 14.3 Å². The van der Waals surface area contributed by atoms with E-state index in [1.54, 1.807) is 6.08 Å². The molecule has 0 saturated heterocycles. The first-order chi connectivity index (χ1) is 12.8. The first-order valence-electron chi connectivity index (χ1n) is 9.66. The van der Waals surface area contributed by atoms with Gasteiger partial charge in [0.15, 0.2) is 0 Å². The van der Waals surface area contributed by atoms with E-state index in [0.29, 0.717) is 5.92 Å². The molecule has 2 aromatic carbocycles. The van der Waals surface area contributed by atoms with Crippen LogP contribution in [0.1, 0.15) is 52.0 Å². The van der Waals surface area contributed by atoms with Gasteiger partial charge in [0.1, 0.15) is 17.8 Å². The third kappa shape index (κ3) is 6.67. The number of rotatable bonds is 10. The van der Waals surface area contributed by atoms with Gasteiger partial charge in [0.25, 0.3) is 0 Å². The lowest BCUT2D eigenvalue weighted by atomic mass is 9.95. The number of ketones is 1. The van der Waals surface area contributed by atoms with Crippen LogP contribution in [0, 0.1) is 5.92 Å². The number of carbonyl (C=O) groups excluding carboxylic acids is 2. The number of carbonyl (C=O) groups is 2. The molecule has 0 radical (unpaired) electrons. The van der Waals surface area contributed by atoms with E-state index in [9.17, 15) is 9.59 Å². The molecule has 144 valence electrons. The molecule has 0 bridgehead atoms. The van der Waals surface area contributed by atoms with E-state index in [1.165, 1.54) is 0 Å². The molecule has 2 aromatic rings. The van der Waals surface area contributed by atoms with Crippen molar-refractivity contribution in [2.45, 2.75) is 58.5 Å². The highest BCUT2D eigenvalue weighted by Gasteiger charge is 2.26. The maximum Gasteiger partial charge on any atom is 0.314 e. The first-order valence-corrected chi connectivity index (χ1v) is 9.66. The lowest BCUT2D eigenvalue weighted by Crippen LogP contribution is -2.30. The Labute approximate surface area is 162 Å². The van der Waals surface area contributed by atoms with Gasteiger partial charge >= 0.3 is 5.97 Å². The minimum atomic E-state index is -0.713. The summed E-state index contributed by atoms with van der Waals surface area (Å²) >= 11 is 0. The van der Waals surface area contributed by atoms with E-state index in [-0.39, 0.29) is 18.6 Å². The molecule has 0 heterocycles. The average Bonchev–Trinajstić information content (AvgIpc) is 2.61. The van der Waals surface area contributed by atoms with Gasteiger partial charge in [-0.05, 0) is 48.1 Å². The van der Waals surface area contributed by atoms with Crippen molar-refractivity contribution in [3.63, 3.8) is 0 Å². The molecular formula is C24H30O3. The fourth-order valence-corrected chi connectivity index (χ4v) is 3.15. The predicted molar refractivity (Wildman–Crippen MR) is 111 cm³/mol. The lowest BCUT2D eigenvalue weighted by Gasteiger charge is -2.26. The quantitative estimate of drug-likeness (QED) is 0.310. The number of Topliss-reactive ketones (excluding diaryl/α,β-unsaturated/α-hetero) is 1. The first kappa shape index (κ1) is 20.9. The smallest absolute Gasteiger partial charge is 0.314 e. The molecule has 3 nitrogen and oxygen atoms in total. The van der Waals surface area contributed by atoms with Crippen LogP contribution in [0.4, 0.5) is 0 Å². The largest absolute Gasteiger partial charge is 0.455 e. The Morgan fingerprint density at radius 3 is 2.52 bits per heavy atom. The Balaban J connectivity index is 1.89. The van der Waals surface area contributed by atoms with Crippen molar-refractivity contribution in [1.29, 1.82) is 0 Å². The molecule has 0 amide bonds. The number of benzene rings is 2. The Bertz CT molecular complexity index is 806. The minimum absolute atomic E-state index is 0.135. The van der Waals surface area contributed by atoms with Gasteiger partial charge in [0, 0.05) is 6.42 Å². The summed E-state index contributed by atoms with van der Waals surface area (Å²) in [4.78, 5) is 24.5. The number of esters is 1. The van der Waals surface area contributed by atoms with E-state index in [4.69, 9.17) is 4.74 Å². The van der Waals surface area contributed by atoms with Crippen LogP contribution < -0.4 is 0 Å². The monoisotopic (exact) mass is 366 g/mol. The van der Waals surface area contributed by atoms with Gasteiger partial charge in [-0.3, -0.25) is 9.59 Å². The second-order valence-electron chi connectivity index (χ2n) is 7.85. The van der Waals surface area contributed by atoms with Crippen molar-refractivity contribution in [2.24, 2.45) is 5.92 Å². The highest BCUT2D eigenvalue weighted by Crippen LogP contribution is 2.23. The van der Waals surface area contributed by atoms with Crippen LogP contribution in [0.25, 0.3) is 10.8 Å². The average molecular weight is 367 g/mol. The van der Waals surface area contributed by atoms with E-state index in [1.807, 2.05) is 49.4 Å². The Hall–Kier alpha value is -2.42. The van der Waals surface area contributed by atoms with Crippen LogP contribution in [0.15, 0.2) is 55.1 Å². The second kappa shape index (κ2) is 9.50. The van der Waals surface area contributed by atoms with E-state index in [2.05, 4.69) is 20.4 Å². The zero-order valence-corrected chi connectivity index (χ0v) is 16.7. The van der Waals surface area contributed by atoms with Crippen LogP contribution in [0.5, 0.6) is 0 Å². The van der Waals surface area contributed by atoms with E-state index < -0.39 is 11.6 Å². The molecule has 0 N–H and O–H groups in total. The van der Waals surface area contributed by atoms with Crippen molar-refractivity contribution in [2.75, 3.05) is 0 Å². The molecule has 27 heavy (non-hydrogen) atoms. The minimum Gasteiger partial charge on any atom is -0.455 e. The lowest BCUT2D eigenvalue weighted by molar-refractivity contribution is -0.155. The van der Waals surface area contributed by atoms with E-state index >= 15 is 0 Å².